The molecule has 4 rings (SSSR count). The minimum absolute atomic E-state index is 0.0574. The molecule has 0 fully saturated rings. The van der Waals surface area contributed by atoms with Crippen molar-refractivity contribution >= 4 is 35.0 Å². The molecule has 2 aliphatic heterocycles. The number of halogens is 5. The number of carbonyl (C=O) groups excluding carboxylic acids is 2. The van der Waals surface area contributed by atoms with E-state index in [2.05, 4.69) is 11.7 Å². The van der Waals surface area contributed by atoms with Crippen molar-refractivity contribution in [3.8, 4) is 0 Å². The van der Waals surface area contributed by atoms with Gasteiger partial charge in [0.15, 0.2) is 0 Å². The van der Waals surface area contributed by atoms with Gasteiger partial charge in [0.05, 0.1) is 28.8 Å². The van der Waals surface area contributed by atoms with Gasteiger partial charge in [-0.05, 0) is 23.8 Å². The third-order valence-corrected chi connectivity index (χ3v) is 5.94. The summed E-state index contributed by atoms with van der Waals surface area (Å²) in [5.74, 6) is -1.09. The van der Waals surface area contributed by atoms with Crippen molar-refractivity contribution in [1.29, 1.82) is 0 Å². The predicted molar refractivity (Wildman–Crippen MR) is 120 cm³/mol. The Kier molecular flexibility index (Phi) is 7.43. The van der Waals surface area contributed by atoms with Gasteiger partial charge in [-0.25, -0.2) is 0 Å². The number of fused-ring (bicyclic) bond motifs is 3. The Labute approximate surface area is 199 Å². The van der Waals surface area contributed by atoms with Crippen LogP contribution in [0.25, 0.3) is 0 Å². The number of rotatable bonds is 2. The fourth-order valence-corrected chi connectivity index (χ4v) is 4.16. The second kappa shape index (κ2) is 9.77. The average molecular weight is 503 g/mol. The highest BCUT2D eigenvalue weighted by molar-refractivity contribution is 6.42. The monoisotopic (exact) mass is 502 g/mol. The van der Waals surface area contributed by atoms with E-state index in [0.717, 1.165) is 4.90 Å². The van der Waals surface area contributed by atoms with E-state index >= 15 is 0 Å². The largest absolute Gasteiger partial charge is 0.406 e. The van der Waals surface area contributed by atoms with Crippen LogP contribution < -0.4 is 0 Å². The molecule has 0 unspecified atom stereocenters. The second-order valence-corrected chi connectivity index (χ2v) is 8.38. The Morgan fingerprint density at radius 1 is 1.15 bits per heavy atom. The van der Waals surface area contributed by atoms with Crippen molar-refractivity contribution in [3.05, 3.63) is 62.9 Å². The Morgan fingerprint density at radius 3 is 2.48 bits per heavy atom. The van der Waals surface area contributed by atoms with Gasteiger partial charge in [0.25, 0.3) is 11.8 Å². The maximum atomic E-state index is 13.0. The van der Waals surface area contributed by atoms with Crippen LogP contribution in [0.5, 0.6) is 0 Å². The smallest absolute Gasteiger partial charge is 0.334 e. The molecular formula is C22H23Cl2F3N4O2. The minimum Gasteiger partial charge on any atom is -0.334 e. The standard InChI is InChI=1S/C20H17Cl2F3N4O2.C2H6/c1-11-7-28(10-20(23,24)25)19(31)17-13-9-27(5-4-16(13)26-29(17)8-11)18(30)12-2-3-14(21)15(22)6-12;1-2/h2-3,6H,1,4-5,7-10H2;1-2H3. The lowest BCUT2D eigenvalue weighted by atomic mass is 10.0. The van der Waals surface area contributed by atoms with E-state index in [1.807, 2.05) is 13.8 Å². The molecule has 0 radical (unpaired) electrons. The molecule has 0 saturated heterocycles. The molecule has 0 atom stereocenters. The molecule has 33 heavy (non-hydrogen) atoms. The Hall–Kier alpha value is -2.52. The maximum Gasteiger partial charge on any atom is 0.406 e. The van der Waals surface area contributed by atoms with E-state index in [1.165, 1.54) is 21.7 Å². The lowest BCUT2D eigenvalue weighted by Gasteiger charge is -2.28. The van der Waals surface area contributed by atoms with Crippen molar-refractivity contribution in [2.75, 3.05) is 19.6 Å². The summed E-state index contributed by atoms with van der Waals surface area (Å²) in [4.78, 5) is 28.2. The first kappa shape index (κ1) is 25.1. The predicted octanol–water partition coefficient (Wildman–Crippen LogP) is 4.99. The van der Waals surface area contributed by atoms with Gasteiger partial charge in [-0.1, -0.05) is 43.6 Å². The van der Waals surface area contributed by atoms with Crippen LogP contribution in [-0.2, 0) is 19.5 Å². The highest BCUT2D eigenvalue weighted by Gasteiger charge is 2.39. The van der Waals surface area contributed by atoms with Gasteiger partial charge >= 0.3 is 6.18 Å². The number of nitrogens with zero attached hydrogens (tertiary/aromatic N) is 4. The third-order valence-electron chi connectivity index (χ3n) is 5.20. The summed E-state index contributed by atoms with van der Waals surface area (Å²) in [7, 11) is 0. The Morgan fingerprint density at radius 2 is 1.85 bits per heavy atom. The van der Waals surface area contributed by atoms with Crippen LogP contribution in [0.2, 0.25) is 10.0 Å². The molecule has 0 spiro atoms. The first-order chi connectivity index (χ1) is 15.5. The van der Waals surface area contributed by atoms with Gasteiger partial charge in [0, 0.05) is 30.6 Å². The average Bonchev–Trinajstić information content (AvgIpc) is 3.06. The van der Waals surface area contributed by atoms with Gasteiger partial charge < -0.3 is 9.80 Å². The van der Waals surface area contributed by atoms with Gasteiger partial charge in [0.2, 0.25) is 0 Å². The van der Waals surface area contributed by atoms with E-state index in [0.29, 0.717) is 40.4 Å². The number of benzene rings is 1. The normalized spacial score (nSPS) is 16.0. The first-order valence-electron chi connectivity index (χ1n) is 10.4. The number of carbonyl (C=O) groups is 2. The fourth-order valence-electron chi connectivity index (χ4n) is 3.86. The topological polar surface area (TPSA) is 58.4 Å². The van der Waals surface area contributed by atoms with Gasteiger partial charge in [0.1, 0.15) is 12.2 Å². The van der Waals surface area contributed by atoms with Crippen LogP contribution >= 0.6 is 23.2 Å². The Balaban J connectivity index is 0.00000149. The van der Waals surface area contributed by atoms with Gasteiger partial charge in [-0.15, -0.1) is 0 Å². The molecule has 6 nitrogen and oxygen atoms in total. The molecule has 11 heteroatoms. The summed E-state index contributed by atoms with van der Waals surface area (Å²) in [6.45, 7) is 6.75. The van der Waals surface area contributed by atoms with Crippen molar-refractivity contribution in [1.82, 2.24) is 19.6 Å². The van der Waals surface area contributed by atoms with Crippen LogP contribution in [0.1, 0.15) is 46.0 Å². The summed E-state index contributed by atoms with van der Waals surface area (Å²) < 4.78 is 40.4. The van der Waals surface area contributed by atoms with Crippen molar-refractivity contribution in [3.63, 3.8) is 0 Å². The fraction of sp³-hybridized carbons (Fsp3) is 0.409. The summed E-state index contributed by atoms with van der Waals surface area (Å²) in [5.41, 5.74) is 1.91. The number of amides is 2. The van der Waals surface area contributed by atoms with Crippen molar-refractivity contribution < 1.29 is 22.8 Å². The number of aromatic nitrogens is 2. The van der Waals surface area contributed by atoms with E-state index in [4.69, 9.17) is 23.2 Å². The number of alkyl halides is 3. The van der Waals surface area contributed by atoms with Gasteiger partial charge in [-0.2, -0.15) is 18.3 Å². The van der Waals surface area contributed by atoms with Crippen LogP contribution in [0.15, 0.2) is 30.4 Å². The van der Waals surface area contributed by atoms with E-state index in [-0.39, 0.29) is 36.3 Å². The summed E-state index contributed by atoms with van der Waals surface area (Å²) in [6.07, 6.45) is -4.16. The molecule has 0 N–H and O–H groups in total. The minimum atomic E-state index is -4.54. The SMILES string of the molecule is C=C1CN(CC(F)(F)F)C(=O)c2c3c(nn2C1)CCN(C(=O)c1ccc(Cl)c(Cl)c1)C3.CC. The molecule has 0 bridgehead atoms. The summed E-state index contributed by atoms with van der Waals surface area (Å²) >= 11 is 11.9. The van der Waals surface area contributed by atoms with Crippen molar-refractivity contribution in [2.24, 2.45) is 0 Å². The molecule has 178 valence electrons. The lowest BCUT2D eigenvalue weighted by molar-refractivity contribution is -0.139. The number of hydrogen-bond donors (Lipinski definition) is 0. The van der Waals surface area contributed by atoms with E-state index in [9.17, 15) is 22.8 Å². The molecule has 0 aliphatic carbocycles. The maximum absolute atomic E-state index is 13.0. The summed E-state index contributed by atoms with van der Waals surface area (Å²) in [6, 6.07) is 4.52. The zero-order valence-corrected chi connectivity index (χ0v) is 19.7. The molecule has 0 saturated carbocycles. The highest BCUT2D eigenvalue weighted by Crippen LogP contribution is 2.30. The third kappa shape index (κ3) is 5.35. The highest BCUT2D eigenvalue weighted by atomic mass is 35.5. The molecular weight excluding hydrogens is 480 g/mol. The molecule has 3 heterocycles. The van der Waals surface area contributed by atoms with Crippen LogP contribution in [-0.4, -0.2) is 57.2 Å². The zero-order valence-electron chi connectivity index (χ0n) is 18.2. The zero-order chi connectivity index (χ0) is 24.5. The first-order valence-corrected chi connectivity index (χ1v) is 11.1. The van der Waals surface area contributed by atoms with Crippen molar-refractivity contribution in [2.45, 2.75) is 39.5 Å². The van der Waals surface area contributed by atoms with E-state index < -0.39 is 18.6 Å². The van der Waals surface area contributed by atoms with Crippen LogP contribution in [0, 0.1) is 0 Å². The van der Waals surface area contributed by atoms with Crippen LogP contribution in [0.3, 0.4) is 0 Å². The van der Waals surface area contributed by atoms with E-state index in [1.54, 1.807) is 6.07 Å². The quantitative estimate of drug-likeness (QED) is 0.543. The molecule has 1 aromatic heterocycles. The van der Waals surface area contributed by atoms with Gasteiger partial charge in [-0.3, -0.25) is 14.3 Å². The lowest BCUT2D eigenvalue weighted by Crippen LogP contribution is -2.41. The molecule has 1 aromatic carbocycles. The summed E-state index contributed by atoms with van der Waals surface area (Å²) in [5, 5.41) is 4.98. The molecule has 2 aromatic rings. The molecule has 2 aliphatic rings. The second-order valence-electron chi connectivity index (χ2n) is 7.56. The molecule has 2 amide bonds. The number of hydrogen-bond acceptors (Lipinski definition) is 3. The van der Waals surface area contributed by atoms with Crippen LogP contribution in [0.4, 0.5) is 13.2 Å². The Bertz CT molecular complexity index is 1100.